The molecule has 0 atom stereocenters. The molecular formula is C24H28ClN3O4SSi. The van der Waals surface area contributed by atoms with E-state index in [0.717, 1.165) is 10.3 Å². The van der Waals surface area contributed by atoms with Crippen molar-refractivity contribution in [3.05, 3.63) is 83.5 Å². The van der Waals surface area contributed by atoms with Crippen molar-refractivity contribution in [2.24, 2.45) is 0 Å². The van der Waals surface area contributed by atoms with Crippen LogP contribution in [0.1, 0.15) is 10.4 Å². The van der Waals surface area contributed by atoms with Crippen LogP contribution in [0.25, 0.3) is 0 Å². The highest BCUT2D eigenvalue weighted by molar-refractivity contribution is 7.92. The zero-order valence-electron chi connectivity index (χ0n) is 19.4. The van der Waals surface area contributed by atoms with Gasteiger partial charge in [-0.3, -0.25) is 4.79 Å². The van der Waals surface area contributed by atoms with Crippen molar-refractivity contribution in [3.63, 3.8) is 0 Å². The number of nitrogens with zero attached hydrogens (tertiary/aromatic N) is 2. The van der Waals surface area contributed by atoms with E-state index in [9.17, 15) is 13.2 Å². The maximum absolute atomic E-state index is 13.4. The van der Waals surface area contributed by atoms with E-state index in [0.29, 0.717) is 22.9 Å². The second-order valence-electron chi connectivity index (χ2n) is 8.87. The number of carbonyl (C=O) groups is 1. The molecule has 7 nitrogen and oxygen atoms in total. The molecule has 1 heterocycles. The molecule has 0 bridgehead atoms. The molecule has 0 unspecified atom stereocenters. The van der Waals surface area contributed by atoms with Crippen molar-refractivity contribution in [1.82, 2.24) is 4.98 Å². The van der Waals surface area contributed by atoms with E-state index in [1.54, 1.807) is 54.6 Å². The number of benzene rings is 2. The van der Waals surface area contributed by atoms with Gasteiger partial charge in [-0.15, -0.1) is 0 Å². The predicted octanol–water partition coefficient (Wildman–Crippen LogP) is 5.49. The Morgan fingerprint density at radius 1 is 1.03 bits per heavy atom. The molecule has 3 aromatic rings. The number of carbonyl (C=O) groups excluding carboxylic acids is 1. The Morgan fingerprint density at radius 2 is 1.71 bits per heavy atom. The monoisotopic (exact) mass is 517 g/mol. The minimum Gasteiger partial charge on any atom is -0.360 e. The molecule has 1 aromatic heterocycles. The lowest BCUT2D eigenvalue weighted by molar-refractivity contribution is 0.102. The zero-order valence-corrected chi connectivity index (χ0v) is 21.9. The third-order valence-corrected chi connectivity index (χ3v) is 8.61. The van der Waals surface area contributed by atoms with E-state index < -0.39 is 18.1 Å². The van der Waals surface area contributed by atoms with Crippen molar-refractivity contribution in [1.29, 1.82) is 0 Å². The smallest absolute Gasteiger partial charge is 0.267 e. The Hall–Kier alpha value is -2.72. The van der Waals surface area contributed by atoms with Crippen LogP contribution in [-0.4, -0.2) is 40.7 Å². The molecular weight excluding hydrogens is 490 g/mol. The minimum atomic E-state index is -3.94. The molecule has 1 N–H and O–H groups in total. The molecule has 1 amide bonds. The van der Waals surface area contributed by atoms with Crippen molar-refractivity contribution < 1.29 is 17.9 Å². The van der Waals surface area contributed by atoms with Gasteiger partial charge in [0.2, 0.25) is 0 Å². The Kier molecular flexibility index (Phi) is 8.48. The molecule has 10 heteroatoms. The van der Waals surface area contributed by atoms with E-state index >= 15 is 0 Å². The van der Waals surface area contributed by atoms with Gasteiger partial charge in [0.05, 0.1) is 4.90 Å². The van der Waals surface area contributed by atoms with Crippen LogP contribution < -0.4 is 9.62 Å². The molecule has 0 fully saturated rings. The van der Waals surface area contributed by atoms with Crippen LogP contribution >= 0.6 is 11.6 Å². The number of halogens is 1. The van der Waals surface area contributed by atoms with Gasteiger partial charge in [0.25, 0.3) is 15.9 Å². The maximum atomic E-state index is 13.4. The molecule has 0 radical (unpaired) electrons. The molecule has 180 valence electrons. The number of anilines is 2. The van der Waals surface area contributed by atoms with E-state index in [1.807, 2.05) is 0 Å². The maximum Gasteiger partial charge on any atom is 0.267 e. The topological polar surface area (TPSA) is 88.6 Å². The molecule has 0 spiro atoms. The molecule has 0 saturated heterocycles. The second-order valence-corrected chi connectivity index (χ2v) is 16.8. The highest BCUT2D eigenvalue weighted by Crippen LogP contribution is 2.24. The van der Waals surface area contributed by atoms with E-state index in [1.165, 1.54) is 18.3 Å². The number of aromatic nitrogens is 1. The summed E-state index contributed by atoms with van der Waals surface area (Å²) in [5.41, 5.74) is 0.910. The van der Waals surface area contributed by atoms with Gasteiger partial charge in [-0.2, -0.15) is 0 Å². The average Bonchev–Trinajstić information content (AvgIpc) is 2.79. The molecule has 2 aromatic carbocycles. The normalized spacial score (nSPS) is 11.8. The molecule has 0 saturated carbocycles. The van der Waals surface area contributed by atoms with E-state index in [2.05, 4.69) is 29.9 Å². The number of hydrogen-bond acceptors (Lipinski definition) is 5. The standard InChI is InChI=1S/C24H28ClN3O4SSi/c1-34(2,3)17-16-32-18-28(23-6-4-5-15-26-23)33(30,31)22-13-11-21(12-14-22)27-24(29)19-7-9-20(25)10-8-19/h4-15H,16-18H2,1-3H3,(H,27,29). The number of rotatable bonds is 10. The number of pyridine rings is 1. The van der Waals surface area contributed by atoms with Gasteiger partial charge < -0.3 is 10.1 Å². The summed E-state index contributed by atoms with van der Waals surface area (Å²) in [6.45, 7) is 7.04. The largest absolute Gasteiger partial charge is 0.360 e. The summed E-state index contributed by atoms with van der Waals surface area (Å²) < 4.78 is 33.7. The first-order valence-electron chi connectivity index (χ1n) is 10.7. The summed E-state index contributed by atoms with van der Waals surface area (Å²) >= 11 is 5.86. The van der Waals surface area contributed by atoms with Crippen LogP contribution in [0.3, 0.4) is 0 Å². The molecule has 34 heavy (non-hydrogen) atoms. The van der Waals surface area contributed by atoms with Gasteiger partial charge in [0, 0.05) is 37.2 Å². The third-order valence-electron chi connectivity index (χ3n) is 4.92. The van der Waals surface area contributed by atoms with Crippen LogP contribution in [0.5, 0.6) is 0 Å². The van der Waals surface area contributed by atoms with Crippen molar-refractivity contribution in [2.45, 2.75) is 30.6 Å². The first-order chi connectivity index (χ1) is 16.1. The Labute approximate surface area is 206 Å². The van der Waals surface area contributed by atoms with Crippen molar-refractivity contribution in [2.75, 3.05) is 23.0 Å². The molecule has 0 aliphatic heterocycles. The SMILES string of the molecule is C[Si](C)(C)CCOCN(c1ccccn1)S(=O)(=O)c1ccc(NC(=O)c2ccc(Cl)cc2)cc1. The fourth-order valence-electron chi connectivity index (χ4n) is 2.93. The Morgan fingerprint density at radius 3 is 2.29 bits per heavy atom. The number of sulfonamides is 1. The zero-order chi connectivity index (χ0) is 24.8. The Bertz CT molecular complexity index is 1200. The van der Waals surface area contributed by atoms with Gasteiger partial charge in [0.15, 0.2) is 0 Å². The summed E-state index contributed by atoms with van der Waals surface area (Å²) in [5, 5.41) is 3.28. The highest BCUT2D eigenvalue weighted by atomic mass is 35.5. The number of ether oxygens (including phenoxy) is 1. The van der Waals surface area contributed by atoms with Gasteiger partial charge in [0.1, 0.15) is 12.5 Å². The fourth-order valence-corrected chi connectivity index (χ4v) is 5.11. The van der Waals surface area contributed by atoms with Crippen LogP contribution in [0.2, 0.25) is 30.7 Å². The second kappa shape index (κ2) is 11.1. The average molecular weight is 518 g/mol. The van der Waals surface area contributed by atoms with E-state index in [4.69, 9.17) is 16.3 Å². The molecule has 0 aliphatic carbocycles. The summed E-state index contributed by atoms with van der Waals surface area (Å²) in [6, 6.07) is 18.5. The van der Waals surface area contributed by atoms with Crippen LogP contribution in [0.15, 0.2) is 77.8 Å². The summed E-state index contributed by atoms with van der Waals surface area (Å²) in [7, 11) is -5.26. The highest BCUT2D eigenvalue weighted by Gasteiger charge is 2.26. The summed E-state index contributed by atoms with van der Waals surface area (Å²) in [4.78, 5) is 16.7. The predicted molar refractivity (Wildman–Crippen MR) is 139 cm³/mol. The van der Waals surface area contributed by atoms with Crippen molar-refractivity contribution in [3.8, 4) is 0 Å². The van der Waals surface area contributed by atoms with Gasteiger partial charge >= 0.3 is 0 Å². The van der Waals surface area contributed by atoms with Crippen LogP contribution in [0.4, 0.5) is 11.5 Å². The fraction of sp³-hybridized carbons (Fsp3) is 0.250. The van der Waals surface area contributed by atoms with Crippen molar-refractivity contribution >= 4 is 47.1 Å². The number of amides is 1. The lowest BCUT2D eigenvalue weighted by Gasteiger charge is -2.24. The quantitative estimate of drug-likeness (QED) is 0.218. The summed E-state index contributed by atoms with van der Waals surface area (Å²) in [6.07, 6.45) is 1.54. The van der Waals surface area contributed by atoms with Gasteiger partial charge in [-0.05, 0) is 66.7 Å². The van der Waals surface area contributed by atoms with Gasteiger partial charge in [-0.25, -0.2) is 17.7 Å². The Balaban J connectivity index is 1.76. The lowest BCUT2D eigenvalue weighted by atomic mass is 10.2. The molecule has 0 aliphatic rings. The van der Waals surface area contributed by atoms with Crippen LogP contribution in [-0.2, 0) is 14.8 Å². The molecule has 3 rings (SSSR count). The first kappa shape index (κ1) is 25.9. The number of hydrogen-bond donors (Lipinski definition) is 1. The number of nitrogens with one attached hydrogen (secondary N) is 1. The minimum absolute atomic E-state index is 0.0661. The third kappa shape index (κ3) is 7.14. The lowest BCUT2D eigenvalue weighted by Crippen LogP contribution is -2.34. The van der Waals surface area contributed by atoms with Crippen LogP contribution in [0, 0.1) is 0 Å². The first-order valence-corrected chi connectivity index (χ1v) is 16.3. The van der Waals surface area contributed by atoms with Gasteiger partial charge in [-0.1, -0.05) is 37.3 Å². The van der Waals surface area contributed by atoms with E-state index in [-0.39, 0.29) is 23.4 Å². The summed E-state index contributed by atoms with van der Waals surface area (Å²) in [5.74, 6) is -0.0474.